The van der Waals surface area contributed by atoms with E-state index < -0.39 is 0 Å². The lowest BCUT2D eigenvalue weighted by molar-refractivity contribution is -0.117. The fourth-order valence-electron chi connectivity index (χ4n) is 4.65. The van der Waals surface area contributed by atoms with Crippen LogP contribution in [0, 0.1) is 6.92 Å². The van der Waals surface area contributed by atoms with Gasteiger partial charge in [-0.3, -0.25) is 14.6 Å². The number of benzene rings is 3. The number of carbonyl (C=O) groups excluding carboxylic acids is 1. The van der Waals surface area contributed by atoms with Crippen LogP contribution < -0.4 is 5.32 Å². The van der Waals surface area contributed by atoms with Gasteiger partial charge in [-0.05, 0) is 35.6 Å². The van der Waals surface area contributed by atoms with Crippen molar-refractivity contribution < 1.29 is 4.79 Å². The summed E-state index contributed by atoms with van der Waals surface area (Å²) >= 11 is 0. The molecule has 3 aromatic carbocycles. The van der Waals surface area contributed by atoms with Gasteiger partial charge in [-0.15, -0.1) is 0 Å². The molecule has 1 saturated heterocycles. The topological polar surface area (TPSA) is 35.6 Å². The molecule has 0 bridgehead atoms. The number of carbonyl (C=O) groups is 1. The minimum Gasteiger partial charge on any atom is -0.324 e. The van der Waals surface area contributed by atoms with Crippen molar-refractivity contribution in [1.29, 1.82) is 0 Å². The highest BCUT2D eigenvalue weighted by molar-refractivity contribution is 5.93. The molecule has 1 aliphatic heterocycles. The number of aryl methyl sites for hydroxylation is 2. The van der Waals surface area contributed by atoms with Gasteiger partial charge in [0.05, 0.1) is 12.6 Å². The Kier molecular flexibility index (Phi) is 7.35. The van der Waals surface area contributed by atoms with Gasteiger partial charge in [0.25, 0.3) is 0 Å². The zero-order valence-corrected chi connectivity index (χ0v) is 19.1. The Balaban J connectivity index is 1.39. The third-order valence-corrected chi connectivity index (χ3v) is 6.37. The van der Waals surface area contributed by atoms with Crippen molar-refractivity contribution in [2.45, 2.75) is 26.3 Å². The van der Waals surface area contributed by atoms with Crippen molar-refractivity contribution in [3.63, 3.8) is 0 Å². The molecule has 1 fully saturated rings. The van der Waals surface area contributed by atoms with Gasteiger partial charge in [0.2, 0.25) is 5.91 Å². The molecule has 0 spiro atoms. The Labute approximate surface area is 191 Å². The predicted octanol–water partition coefficient (Wildman–Crippen LogP) is 4.90. The Morgan fingerprint density at radius 1 is 0.844 bits per heavy atom. The molecule has 3 aromatic rings. The SMILES string of the molecule is CCc1cccc(C)c1NC(=O)CN1CCN(C(c2ccccc2)c2ccccc2)CC1. The average Bonchev–Trinajstić information content (AvgIpc) is 2.83. The van der Waals surface area contributed by atoms with E-state index in [4.69, 9.17) is 0 Å². The van der Waals surface area contributed by atoms with E-state index >= 15 is 0 Å². The summed E-state index contributed by atoms with van der Waals surface area (Å²) in [5.74, 6) is 0.0742. The lowest BCUT2D eigenvalue weighted by Gasteiger charge is -2.39. The van der Waals surface area contributed by atoms with E-state index in [1.54, 1.807) is 0 Å². The minimum atomic E-state index is 0.0742. The molecule has 4 nitrogen and oxygen atoms in total. The van der Waals surface area contributed by atoms with Crippen LogP contribution in [-0.4, -0.2) is 48.4 Å². The highest BCUT2D eigenvalue weighted by Gasteiger charge is 2.27. The second-order valence-corrected chi connectivity index (χ2v) is 8.55. The van der Waals surface area contributed by atoms with Gasteiger partial charge in [-0.2, -0.15) is 0 Å². The van der Waals surface area contributed by atoms with Crippen molar-refractivity contribution in [3.05, 3.63) is 101 Å². The number of para-hydroxylation sites is 1. The summed E-state index contributed by atoms with van der Waals surface area (Å²) < 4.78 is 0. The number of nitrogens with zero attached hydrogens (tertiary/aromatic N) is 2. The molecule has 4 heteroatoms. The van der Waals surface area contributed by atoms with Crippen LogP contribution in [0.2, 0.25) is 0 Å². The number of hydrogen-bond donors (Lipinski definition) is 1. The summed E-state index contributed by atoms with van der Waals surface area (Å²) in [5.41, 5.74) is 5.92. The fraction of sp³-hybridized carbons (Fsp3) is 0.321. The van der Waals surface area contributed by atoms with Gasteiger partial charge in [-0.1, -0.05) is 85.8 Å². The summed E-state index contributed by atoms with van der Waals surface area (Å²) in [6.45, 7) is 8.27. The van der Waals surface area contributed by atoms with Crippen LogP contribution in [-0.2, 0) is 11.2 Å². The standard InChI is InChI=1S/C28H33N3O/c1-3-23-16-10-11-22(2)27(23)29-26(32)21-30-17-19-31(20-18-30)28(24-12-6-4-7-13-24)25-14-8-5-9-15-25/h4-16,28H,3,17-21H2,1-2H3,(H,29,32). The molecular formula is C28H33N3O. The first-order chi connectivity index (χ1) is 15.7. The molecule has 166 valence electrons. The normalized spacial score (nSPS) is 15.1. The van der Waals surface area contributed by atoms with Crippen molar-refractivity contribution in [1.82, 2.24) is 9.80 Å². The maximum absolute atomic E-state index is 12.8. The van der Waals surface area contributed by atoms with Crippen molar-refractivity contribution in [2.75, 3.05) is 38.0 Å². The van der Waals surface area contributed by atoms with Gasteiger partial charge in [-0.25, -0.2) is 0 Å². The molecule has 0 radical (unpaired) electrons. The first-order valence-corrected chi connectivity index (χ1v) is 11.6. The average molecular weight is 428 g/mol. The molecule has 32 heavy (non-hydrogen) atoms. The van der Waals surface area contributed by atoms with E-state index in [0.29, 0.717) is 6.54 Å². The van der Waals surface area contributed by atoms with E-state index in [0.717, 1.165) is 43.9 Å². The van der Waals surface area contributed by atoms with Gasteiger partial charge >= 0.3 is 0 Å². The lowest BCUT2D eigenvalue weighted by atomic mass is 9.96. The van der Waals surface area contributed by atoms with Crippen molar-refractivity contribution in [2.24, 2.45) is 0 Å². The van der Waals surface area contributed by atoms with E-state index in [1.807, 2.05) is 0 Å². The summed E-state index contributed by atoms with van der Waals surface area (Å²) in [6.07, 6.45) is 0.913. The molecular weight excluding hydrogens is 394 g/mol. The maximum Gasteiger partial charge on any atom is 0.238 e. The number of nitrogens with one attached hydrogen (secondary N) is 1. The van der Waals surface area contributed by atoms with E-state index in [9.17, 15) is 4.79 Å². The highest BCUT2D eigenvalue weighted by atomic mass is 16.2. The highest BCUT2D eigenvalue weighted by Crippen LogP contribution is 2.29. The van der Waals surface area contributed by atoms with Crippen LogP contribution in [0.25, 0.3) is 0 Å². The quantitative estimate of drug-likeness (QED) is 0.582. The smallest absolute Gasteiger partial charge is 0.238 e. The van der Waals surface area contributed by atoms with Crippen molar-refractivity contribution >= 4 is 11.6 Å². The van der Waals surface area contributed by atoms with Gasteiger partial charge in [0.15, 0.2) is 0 Å². The Hall–Kier alpha value is -2.95. The third-order valence-electron chi connectivity index (χ3n) is 6.37. The summed E-state index contributed by atoms with van der Waals surface area (Å²) in [6, 6.07) is 27.9. The molecule has 0 aliphatic carbocycles. The van der Waals surface area contributed by atoms with Crippen LogP contribution in [0.5, 0.6) is 0 Å². The lowest BCUT2D eigenvalue weighted by Crippen LogP contribution is -2.49. The van der Waals surface area contributed by atoms with Gasteiger partial charge < -0.3 is 5.32 Å². The number of amides is 1. The molecule has 0 saturated carbocycles. The van der Waals surface area contributed by atoms with E-state index in [2.05, 4.69) is 108 Å². The number of rotatable bonds is 7. The second kappa shape index (κ2) is 10.6. The van der Waals surface area contributed by atoms with Crippen LogP contribution in [0.3, 0.4) is 0 Å². The molecule has 1 N–H and O–H groups in total. The number of anilines is 1. The Morgan fingerprint density at radius 2 is 1.44 bits per heavy atom. The molecule has 1 heterocycles. The summed E-state index contributed by atoms with van der Waals surface area (Å²) in [4.78, 5) is 17.6. The summed E-state index contributed by atoms with van der Waals surface area (Å²) in [7, 11) is 0. The van der Waals surface area contributed by atoms with Crippen LogP contribution >= 0.6 is 0 Å². The van der Waals surface area contributed by atoms with E-state index in [-0.39, 0.29) is 11.9 Å². The molecule has 0 aromatic heterocycles. The maximum atomic E-state index is 12.8. The molecule has 1 amide bonds. The number of piperazine rings is 1. The van der Waals surface area contributed by atoms with Crippen LogP contribution in [0.15, 0.2) is 78.9 Å². The molecule has 0 atom stereocenters. The van der Waals surface area contributed by atoms with E-state index in [1.165, 1.54) is 16.7 Å². The monoisotopic (exact) mass is 427 g/mol. The minimum absolute atomic E-state index is 0.0742. The Bertz CT molecular complexity index is 972. The number of hydrogen-bond acceptors (Lipinski definition) is 3. The van der Waals surface area contributed by atoms with Gasteiger partial charge in [0.1, 0.15) is 0 Å². The largest absolute Gasteiger partial charge is 0.324 e. The van der Waals surface area contributed by atoms with Crippen LogP contribution in [0.1, 0.15) is 35.2 Å². The first-order valence-electron chi connectivity index (χ1n) is 11.6. The third kappa shape index (κ3) is 5.26. The zero-order valence-electron chi connectivity index (χ0n) is 19.1. The Morgan fingerprint density at radius 3 is 2.00 bits per heavy atom. The predicted molar refractivity (Wildman–Crippen MR) is 132 cm³/mol. The van der Waals surface area contributed by atoms with Crippen LogP contribution in [0.4, 0.5) is 5.69 Å². The first kappa shape index (κ1) is 22.3. The zero-order chi connectivity index (χ0) is 22.3. The fourth-order valence-corrected chi connectivity index (χ4v) is 4.65. The van der Waals surface area contributed by atoms with Crippen molar-refractivity contribution in [3.8, 4) is 0 Å². The second-order valence-electron chi connectivity index (χ2n) is 8.55. The molecule has 0 unspecified atom stereocenters. The molecule has 1 aliphatic rings. The summed E-state index contributed by atoms with van der Waals surface area (Å²) in [5, 5.41) is 3.17. The van der Waals surface area contributed by atoms with Gasteiger partial charge in [0, 0.05) is 31.9 Å². The molecule has 4 rings (SSSR count).